The van der Waals surface area contributed by atoms with Crippen LogP contribution in [0.15, 0.2) is 67.0 Å². The summed E-state index contributed by atoms with van der Waals surface area (Å²) in [5, 5.41) is 11.2. The molecular weight excluding hydrogens is 476 g/mol. The average molecular weight is 517 g/mol. The van der Waals surface area contributed by atoms with Crippen LogP contribution in [0.1, 0.15) is 80.8 Å². The van der Waals surface area contributed by atoms with Crippen LogP contribution in [0.2, 0.25) is 0 Å². The molecule has 0 atom stereocenters. The fourth-order valence-electron chi connectivity index (χ4n) is 4.18. The first kappa shape index (κ1) is 28.9. The van der Waals surface area contributed by atoms with Crippen LogP contribution in [0.25, 0.3) is 11.1 Å². The van der Waals surface area contributed by atoms with E-state index in [-0.39, 0.29) is 24.3 Å². The van der Waals surface area contributed by atoms with Crippen molar-refractivity contribution in [2.75, 3.05) is 13.2 Å². The maximum Gasteiger partial charge on any atom is 0.305 e. The molecule has 1 aromatic heterocycles. The van der Waals surface area contributed by atoms with Gasteiger partial charge in [0.05, 0.1) is 13.0 Å². The molecule has 1 heterocycles. The van der Waals surface area contributed by atoms with Crippen LogP contribution in [0.3, 0.4) is 0 Å². The molecule has 38 heavy (non-hydrogen) atoms. The van der Waals surface area contributed by atoms with Crippen molar-refractivity contribution < 1.29 is 19.4 Å². The van der Waals surface area contributed by atoms with Gasteiger partial charge < -0.3 is 15.2 Å². The van der Waals surface area contributed by atoms with Gasteiger partial charge in [0.15, 0.2) is 0 Å². The highest BCUT2D eigenvalue weighted by molar-refractivity contribution is 5.94. The number of pyridine rings is 1. The fourth-order valence-corrected chi connectivity index (χ4v) is 4.18. The topological polar surface area (TPSA) is 88.5 Å². The second-order valence-corrected chi connectivity index (χ2v) is 10.7. The van der Waals surface area contributed by atoms with Crippen molar-refractivity contribution in [3.05, 3.63) is 83.7 Å². The van der Waals surface area contributed by atoms with Crippen molar-refractivity contribution in [1.82, 2.24) is 10.3 Å². The fraction of sp³-hybridized carbons (Fsp3) is 0.406. The van der Waals surface area contributed by atoms with Crippen molar-refractivity contribution in [2.24, 2.45) is 0 Å². The van der Waals surface area contributed by atoms with E-state index in [1.165, 1.54) is 35.1 Å². The van der Waals surface area contributed by atoms with Crippen molar-refractivity contribution in [2.45, 2.75) is 71.1 Å². The van der Waals surface area contributed by atoms with E-state index in [1.807, 2.05) is 12.4 Å². The molecule has 0 aliphatic carbocycles. The molecule has 3 aromatic rings. The number of hydrogen-bond acceptors (Lipinski definition) is 4. The number of carboxylic acid groups (broad SMARTS) is 1. The van der Waals surface area contributed by atoms with Crippen LogP contribution in [0.4, 0.5) is 0 Å². The Morgan fingerprint density at radius 3 is 2.24 bits per heavy atom. The SMILES string of the molecule is CC(C)(C)c1ccc(-c2cncc(CCCCCCCOc3ccc(C(=O)NCCC(=O)O)cc3)c2)cc1. The lowest BCUT2D eigenvalue weighted by atomic mass is 9.86. The number of rotatable bonds is 14. The number of nitrogens with one attached hydrogen (secondary N) is 1. The number of amides is 1. The van der Waals surface area contributed by atoms with Gasteiger partial charge in [0.2, 0.25) is 0 Å². The van der Waals surface area contributed by atoms with Gasteiger partial charge in [-0.05, 0) is 71.7 Å². The monoisotopic (exact) mass is 516 g/mol. The Balaban J connectivity index is 1.30. The molecule has 3 rings (SSSR count). The molecule has 1 amide bonds. The van der Waals surface area contributed by atoms with Crippen LogP contribution >= 0.6 is 0 Å². The molecule has 0 bridgehead atoms. The molecule has 0 aliphatic rings. The molecule has 0 aliphatic heterocycles. The van der Waals surface area contributed by atoms with Gasteiger partial charge in [-0.25, -0.2) is 0 Å². The molecule has 202 valence electrons. The lowest BCUT2D eigenvalue weighted by molar-refractivity contribution is -0.136. The normalized spacial score (nSPS) is 11.2. The van der Waals surface area contributed by atoms with Crippen LogP contribution in [-0.4, -0.2) is 35.1 Å². The zero-order valence-corrected chi connectivity index (χ0v) is 22.8. The molecule has 0 unspecified atom stereocenters. The number of hydrogen-bond donors (Lipinski definition) is 2. The first-order valence-electron chi connectivity index (χ1n) is 13.5. The van der Waals surface area contributed by atoms with E-state index in [0.717, 1.165) is 31.4 Å². The average Bonchev–Trinajstić information content (AvgIpc) is 2.90. The van der Waals surface area contributed by atoms with E-state index in [2.05, 4.69) is 61.4 Å². The van der Waals surface area contributed by atoms with Crippen LogP contribution in [0.5, 0.6) is 5.75 Å². The zero-order chi connectivity index (χ0) is 27.4. The van der Waals surface area contributed by atoms with Crippen molar-refractivity contribution >= 4 is 11.9 Å². The third-order valence-electron chi connectivity index (χ3n) is 6.50. The van der Waals surface area contributed by atoms with Crippen molar-refractivity contribution in [1.29, 1.82) is 0 Å². The van der Waals surface area contributed by atoms with Gasteiger partial charge in [-0.15, -0.1) is 0 Å². The van der Waals surface area contributed by atoms with Crippen molar-refractivity contribution in [3.63, 3.8) is 0 Å². The predicted octanol–water partition coefficient (Wildman–Crippen LogP) is 6.82. The Morgan fingerprint density at radius 1 is 0.868 bits per heavy atom. The molecule has 0 fully saturated rings. The van der Waals surface area contributed by atoms with E-state index in [0.29, 0.717) is 12.2 Å². The smallest absolute Gasteiger partial charge is 0.305 e. The molecule has 2 aromatic carbocycles. The van der Waals surface area contributed by atoms with Gasteiger partial charge in [0, 0.05) is 30.1 Å². The quantitative estimate of drug-likeness (QED) is 0.230. The number of nitrogens with zero attached hydrogens (tertiary/aromatic N) is 1. The Kier molecular flexibility index (Phi) is 10.9. The number of benzene rings is 2. The summed E-state index contributed by atoms with van der Waals surface area (Å²) in [5.74, 6) is -0.489. The zero-order valence-electron chi connectivity index (χ0n) is 22.8. The van der Waals surface area contributed by atoms with E-state index < -0.39 is 5.97 Å². The molecule has 0 saturated heterocycles. The third kappa shape index (κ3) is 9.66. The van der Waals surface area contributed by atoms with E-state index in [4.69, 9.17) is 9.84 Å². The van der Waals surface area contributed by atoms with E-state index in [9.17, 15) is 9.59 Å². The number of aryl methyl sites for hydroxylation is 1. The lowest BCUT2D eigenvalue weighted by Crippen LogP contribution is -2.25. The number of unbranched alkanes of at least 4 members (excludes halogenated alkanes) is 4. The largest absolute Gasteiger partial charge is 0.494 e. The van der Waals surface area contributed by atoms with Gasteiger partial charge in [-0.3, -0.25) is 14.6 Å². The Labute approximate surface area is 226 Å². The van der Waals surface area contributed by atoms with E-state index in [1.54, 1.807) is 24.3 Å². The summed E-state index contributed by atoms with van der Waals surface area (Å²) in [7, 11) is 0. The first-order chi connectivity index (χ1) is 18.2. The summed E-state index contributed by atoms with van der Waals surface area (Å²) in [4.78, 5) is 27.0. The highest BCUT2D eigenvalue weighted by Crippen LogP contribution is 2.26. The first-order valence-corrected chi connectivity index (χ1v) is 13.5. The maximum absolute atomic E-state index is 12.0. The molecule has 0 spiro atoms. The van der Waals surface area contributed by atoms with E-state index >= 15 is 0 Å². The molecule has 6 nitrogen and oxygen atoms in total. The summed E-state index contributed by atoms with van der Waals surface area (Å²) in [6.07, 6.45) is 10.5. The standard InChI is InChI=1S/C32H40N2O4/c1-32(2,3)28-14-10-25(11-15-28)27-21-24(22-33-23-27)9-7-5-4-6-8-20-38-29-16-12-26(13-17-29)31(37)34-19-18-30(35)36/h10-17,21-23H,4-9,18-20H2,1-3H3,(H,34,37)(H,35,36). The molecule has 2 N–H and O–H groups in total. The molecular formula is C32H40N2O4. The minimum Gasteiger partial charge on any atom is -0.494 e. The van der Waals surface area contributed by atoms with Gasteiger partial charge >= 0.3 is 5.97 Å². The number of carbonyl (C=O) groups is 2. The van der Waals surface area contributed by atoms with Gasteiger partial charge in [0.1, 0.15) is 5.75 Å². The van der Waals surface area contributed by atoms with Crippen LogP contribution in [-0.2, 0) is 16.6 Å². The summed E-state index contributed by atoms with van der Waals surface area (Å²) >= 11 is 0. The van der Waals surface area contributed by atoms with Gasteiger partial charge in [-0.1, -0.05) is 64.3 Å². The van der Waals surface area contributed by atoms with Gasteiger partial charge in [-0.2, -0.15) is 0 Å². The van der Waals surface area contributed by atoms with Crippen molar-refractivity contribution in [3.8, 4) is 16.9 Å². The molecule has 0 saturated carbocycles. The number of carbonyl (C=O) groups excluding carboxylic acids is 1. The van der Waals surface area contributed by atoms with Crippen LogP contribution < -0.4 is 10.1 Å². The highest BCUT2D eigenvalue weighted by Gasteiger charge is 2.13. The Morgan fingerprint density at radius 2 is 1.55 bits per heavy atom. The number of carboxylic acids is 1. The summed E-state index contributed by atoms with van der Waals surface area (Å²) in [6, 6.07) is 18.0. The summed E-state index contributed by atoms with van der Waals surface area (Å²) < 4.78 is 5.79. The minimum atomic E-state index is -0.935. The summed E-state index contributed by atoms with van der Waals surface area (Å²) in [6.45, 7) is 7.45. The Bertz CT molecular complexity index is 1170. The molecule has 0 radical (unpaired) electrons. The second kappa shape index (κ2) is 14.3. The Hall–Kier alpha value is -3.67. The van der Waals surface area contributed by atoms with Crippen LogP contribution in [0, 0.1) is 0 Å². The molecule has 6 heteroatoms. The summed E-state index contributed by atoms with van der Waals surface area (Å²) in [5.41, 5.74) is 5.64. The number of ether oxygens (including phenoxy) is 1. The van der Waals surface area contributed by atoms with Gasteiger partial charge in [0.25, 0.3) is 5.91 Å². The highest BCUT2D eigenvalue weighted by atomic mass is 16.5. The second-order valence-electron chi connectivity index (χ2n) is 10.7. The minimum absolute atomic E-state index is 0.0930. The maximum atomic E-state index is 12.0. The lowest BCUT2D eigenvalue weighted by Gasteiger charge is -2.19. The third-order valence-corrected chi connectivity index (χ3v) is 6.50. The number of aromatic nitrogens is 1. The predicted molar refractivity (Wildman–Crippen MR) is 152 cm³/mol. The number of aliphatic carboxylic acids is 1.